The summed E-state index contributed by atoms with van der Waals surface area (Å²) in [6, 6.07) is 3.64. The molecule has 1 saturated heterocycles. The average molecular weight is 356 g/mol. The molecule has 132 valence electrons. The number of rotatable bonds is 4. The van der Waals surface area contributed by atoms with E-state index in [9.17, 15) is 14.0 Å². The summed E-state index contributed by atoms with van der Waals surface area (Å²) in [5.74, 6) is -0.837. The summed E-state index contributed by atoms with van der Waals surface area (Å²) < 4.78 is 13.9. The van der Waals surface area contributed by atoms with Crippen molar-refractivity contribution in [3.63, 3.8) is 0 Å². The molecule has 0 radical (unpaired) electrons. The van der Waals surface area contributed by atoms with Crippen LogP contribution in [0.4, 0.5) is 4.39 Å². The molecule has 5 nitrogen and oxygen atoms in total. The van der Waals surface area contributed by atoms with Gasteiger partial charge in [0.15, 0.2) is 0 Å². The van der Waals surface area contributed by atoms with Crippen LogP contribution in [0.5, 0.6) is 0 Å². The molecule has 24 heavy (non-hydrogen) atoms. The zero-order valence-corrected chi connectivity index (χ0v) is 14.7. The molecule has 1 fully saturated rings. The Labute approximate surface area is 146 Å². The van der Waals surface area contributed by atoms with Crippen molar-refractivity contribution in [1.82, 2.24) is 9.80 Å². The van der Waals surface area contributed by atoms with Crippen LogP contribution >= 0.6 is 11.6 Å². The van der Waals surface area contributed by atoms with E-state index in [2.05, 4.69) is 0 Å². The fraction of sp³-hybridized carbons (Fsp3) is 0.529. The lowest BCUT2D eigenvalue weighted by molar-refractivity contribution is -0.134. The van der Waals surface area contributed by atoms with Gasteiger partial charge in [0, 0.05) is 26.2 Å². The maximum absolute atomic E-state index is 13.9. The molecule has 0 aliphatic carbocycles. The molecule has 0 aromatic heterocycles. The molecule has 1 aliphatic rings. The van der Waals surface area contributed by atoms with Gasteiger partial charge in [-0.2, -0.15) is 0 Å². The van der Waals surface area contributed by atoms with Crippen molar-refractivity contribution in [2.24, 2.45) is 11.7 Å². The van der Waals surface area contributed by atoms with Crippen molar-refractivity contribution in [2.45, 2.75) is 26.3 Å². The highest BCUT2D eigenvalue weighted by Gasteiger charge is 2.29. The van der Waals surface area contributed by atoms with Gasteiger partial charge in [-0.05, 0) is 24.5 Å². The monoisotopic (exact) mass is 355 g/mol. The number of hydrogen-bond donors (Lipinski definition) is 1. The molecule has 0 spiro atoms. The van der Waals surface area contributed by atoms with Gasteiger partial charge >= 0.3 is 0 Å². The zero-order chi connectivity index (χ0) is 17.9. The van der Waals surface area contributed by atoms with E-state index in [1.165, 1.54) is 23.1 Å². The van der Waals surface area contributed by atoms with Gasteiger partial charge in [0.25, 0.3) is 5.91 Å². The second-order valence-corrected chi connectivity index (χ2v) is 6.86. The normalized spacial score (nSPS) is 16.4. The third-order valence-corrected chi connectivity index (χ3v) is 4.41. The van der Waals surface area contributed by atoms with E-state index >= 15 is 0 Å². The molecule has 0 saturated carbocycles. The Bertz CT molecular complexity index is 596. The lowest BCUT2D eigenvalue weighted by atomic mass is 10.0. The van der Waals surface area contributed by atoms with Crippen molar-refractivity contribution in [1.29, 1.82) is 0 Å². The van der Waals surface area contributed by atoms with Crippen LogP contribution in [-0.4, -0.2) is 53.8 Å². The summed E-state index contributed by atoms with van der Waals surface area (Å²) in [7, 11) is 0. The van der Waals surface area contributed by atoms with E-state index in [1.807, 2.05) is 13.8 Å². The summed E-state index contributed by atoms with van der Waals surface area (Å²) in [5.41, 5.74) is 5.82. The smallest absolute Gasteiger partial charge is 0.258 e. The summed E-state index contributed by atoms with van der Waals surface area (Å²) in [5, 5.41) is 0.0949. The number of carbonyl (C=O) groups is 2. The number of hydrogen-bond acceptors (Lipinski definition) is 3. The van der Waals surface area contributed by atoms with Gasteiger partial charge in [-0.1, -0.05) is 31.5 Å². The number of benzene rings is 1. The van der Waals surface area contributed by atoms with Crippen LogP contribution < -0.4 is 5.73 Å². The average Bonchev–Trinajstić information content (AvgIpc) is 2.53. The minimum absolute atomic E-state index is 0.0949. The van der Waals surface area contributed by atoms with Crippen LogP contribution in [0.2, 0.25) is 5.02 Å². The van der Waals surface area contributed by atoms with Crippen molar-refractivity contribution in [2.75, 3.05) is 26.2 Å². The number of amides is 2. The van der Waals surface area contributed by atoms with Crippen LogP contribution in [-0.2, 0) is 4.79 Å². The summed E-state index contributed by atoms with van der Waals surface area (Å²) in [6.45, 7) is 5.49. The van der Waals surface area contributed by atoms with Gasteiger partial charge in [0.05, 0.1) is 16.6 Å². The standard InChI is InChI=1S/C17H23ClFN3O2/c1-11(2)10-14(20)16(23)21-6-8-22(9-7-21)17(24)15-12(18)4-3-5-13(15)19/h3-5,11,14H,6-10,20H2,1-2H3/t14-/m0/s1. The molecular weight excluding hydrogens is 333 g/mol. The third kappa shape index (κ3) is 4.24. The minimum atomic E-state index is -0.634. The summed E-state index contributed by atoms with van der Waals surface area (Å²) in [6.07, 6.45) is 0.628. The van der Waals surface area contributed by atoms with Crippen LogP contribution in [0.1, 0.15) is 30.6 Å². The van der Waals surface area contributed by atoms with E-state index in [0.29, 0.717) is 38.5 Å². The first-order chi connectivity index (χ1) is 11.3. The van der Waals surface area contributed by atoms with E-state index in [0.717, 1.165) is 0 Å². The molecule has 7 heteroatoms. The summed E-state index contributed by atoms with van der Waals surface area (Å²) >= 11 is 5.94. The van der Waals surface area contributed by atoms with Gasteiger partial charge in [-0.25, -0.2) is 4.39 Å². The maximum atomic E-state index is 13.9. The quantitative estimate of drug-likeness (QED) is 0.899. The number of nitrogens with two attached hydrogens (primary N) is 1. The number of nitrogens with zero attached hydrogens (tertiary/aromatic N) is 2. The second-order valence-electron chi connectivity index (χ2n) is 6.45. The van der Waals surface area contributed by atoms with Crippen LogP contribution in [0.25, 0.3) is 0 Å². The minimum Gasteiger partial charge on any atom is -0.338 e. The molecule has 1 aliphatic heterocycles. The van der Waals surface area contributed by atoms with E-state index < -0.39 is 17.8 Å². The SMILES string of the molecule is CC(C)C[C@H](N)C(=O)N1CCN(C(=O)c2c(F)cccc2Cl)CC1. The van der Waals surface area contributed by atoms with Gasteiger partial charge in [0.2, 0.25) is 5.91 Å². The first kappa shape index (κ1) is 18.7. The Morgan fingerprint density at radius 1 is 1.21 bits per heavy atom. The summed E-state index contributed by atoms with van der Waals surface area (Å²) in [4.78, 5) is 28.0. The van der Waals surface area contributed by atoms with E-state index in [-0.39, 0.29) is 16.5 Å². The van der Waals surface area contributed by atoms with Crippen molar-refractivity contribution >= 4 is 23.4 Å². The second kappa shape index (κ2) is 7.94. The Hall–Kier alpha value is -1.66. The lowest BCUT2D eigenvalue weighted by Crippen LogP contribution is -2.54. The van der Waals surface area contributed by atoms with Crippen LogP contribution in [0, 0.1) is 11.7 Å². The molecule has 1 aromatic rings. The van der Waals surface area contributed by atoms with Gasteiger partial charge < -0.3 is 15.5 Å². The highest BCUT2D eigenvalue weighted by Crippen LogP contribution is 2.21. The first-order valence-electron chi connectivity index (χ1n) is 8.09. The molecule has 2 rings (SSSR count). The highest BCUT2D eigenvalue weighted by molar-refractivity contribution is 6.33. The highest BCUT2D eigenvalue weighted by atomic mass is 35.5. The lowest BCUT2D eigenvalue weighted by Gasteiger charge is -2.36. The molecule has 2 amide bonds. The maximum Gasteiger partial charge on any atom is 0.258 e. The van der Waals surface area contributed by atoms with E-state index in [4.69, 9.17) is 17.3 Å². The van der Waals surface area contributed by atoms with Crippen LogP contribution in [0.3, 0.4) is 0 Å². The first-order valence-corrected chi connectivity index (χ1v) is 8.46. The molecular formula is C17H23ClFN3O2. The Morgan fingerprint density at radius 3 is 2.33 bits per heavy atom. The largest absolute Gasteiger partial charge is 0.338 e. The molecule has 2 N–H and O–H groups in total. The van der Waals surface area contributed by atoms with Crippen molar-refractivity contribution in [3.8, 4) is 0 Å². The van der Waals surface area contributed by atoms with E-state index in [1.54, 1.807) is 4.90 Å². The molecule has 0 bridgehead atoms. The topological polar surface area (TPSA) is 66.6 Å². The predicted octanol–water partition coefficient (Wildman–Crippen LogP) is 2.14. The fourth-order valence-electron chi connectivity index (χ4n) is 2.83. The molecule has 1 heterocycles. The Morgan fingerprint density at radius 2 is 1.79 bits per heavy atom. The fourth-order valence-corrected chi connectivity index (χ4v) is 3.08. The predicted molar refractivity (Wildman–Crippen MR) is 91.3 cm³/mol. The van der Waals surface area contributed by atoms with Gasteiger partial charge in [-0.15, -0.1) is 0 Å². The van der Waals surface area contributed by atoms with Crippen molar-refractivity contribution in [3.05, 3.63) is 34.6 Å². The van der Waals surface area contributed by atoms with Crippen molar-refractivity contribution < 1.29 is 14.0 Å². The molecule has 1 atom stereocenters. The van der Waals surface area contributed by atoms with Gasteiger partial charge in [0.1, 0.15) is 5.82 Å². The number of carbonyl (C=O) groups excluding carboxylic acids is 2. The number of halogens is 2. The molecule has 0 unspecified atom stereocenters. The third-order valence-electron chi connectivity index (χ3n) is 4.10. The number of piperazine rings is 1. The van der Waals surface area contributed by atoms with Gasteiger partial charge in [-0.3, -0.25) is 9.59 Å². The molecule has 1 aromatic carbocycles. The Kier molecular flexibility index (Phi) is 6.18. The van der Waals surface area contributed by atoms with Crippen LogP contribution in [0.15, 0.2) is 18.2 Å². The zero-order valence-electron chi connectivity index (χ0n) is 14.0. The Balaban J connectivity index is 1.97.